The second kappa shape index (κ2) is 8.23. The van der Waals surface area contributed by atoms with E-state index in [-0.39, 0.29) is 41.5 Å². The predicted molar refractivity (Wildman–Crippen MR) is 115 cm³/mol. The van der Waals surface area contributed by atoms with Crippen LogP contribution in [0.2, 0.25) is 0 Å². The Balaban J connectivity index is 0.00000126. The number of ether oxygens (including phenoxy) is 1. The number of hydrogen-bond acceptors (Lipinski definition) is 5. The van der Waals surface area contributed by atoms with E-state index in [2.05, 4.69) is 9.97 Å². The van der Waals surface area contributed by atoms with Gasteiger partial charge < -0.3 is 15.4 Å². The largest absolute Gasteiger partial charge is 0.490 e. The number of halogens is 4. The Labute approximate surface area is 185 Å². The molecule has 2 aromatic heterocycles. The Kier molecular flexibility index (Phi) is 5.56. The number of alkyl halides is 3. The Morgan fingerprint density at radius 3 is 2.64 bits per heavy atom. The van der Waals surface area contributed by atoms with Crippen LogP contribution in [0.15, 0.2) is 42.9 Å². The number of benzene rings is 2. The van der Waals surface area contributed by atoms with Crippen molar-refractivity contribution in [2.45, 2.75) is 20.0 Å². The molecule has 4 aromatic rings. The Morgan fingerprint density at radius 1 is 1.15 bits per heavy atom. The molecule has 0 radical (unpaired) electrons. The van der Waals surface area contributed by atoms with Crippen LogP contribution in [0, 0.1) is 5.82 Å². The van der Waals surface area contributed by atoms with E-state index in [0.717, 1.165) is 24.3 Å². The SMILES string of the molecule is CC.Nc1nc2cc(F)c(C(=O)N3CCOc4cc(C(F)(F)F)ccc43)cc2n2cncc12. The van der Waals surface area contributed by atoms with Crippen LogP contribution in [0.5, 0.6) is 5.75 Å². The second-order valence-electron chi connectivity index (χ2n) is 6.95. The summed E-state index contributed by atoms with van der Waals surface area (Å²) < 4.78 is 60.7. The molecule has 0 spiro atoms. The molecule has 5 rings (SSSR count). The number of rotatable bonds is 1. The summed E-state index contributed by atoms with van der Waals surface area (Å²) in [6.45, 7) is 4.02. The number of fused-ring (bicyclic) bond motifs is 4. The molecule has 1 amide bonds. The van der Waals surface area contributed by atoms with Gasteiger partial charge in [-0.25, -0.2) is 14.4 Å². The van der Waals surface area contributed by atoms with Crippen LogP contribution in [0.25, 0.3) is 16.6 Å². The minimum absolute atomic E-state index is 0.0287. The van der Waals surface area contributed by atoms with Gasteiger partial charge in [-0.2, -0.15) is 13.2 Å². The highest BCUT2D eigenvalue weighted by molar-refractivity contribution is 6.09. The number of imidazole rings is 1. The Morgan fingerprint density at radius 2 is 1.91 bits per heavy atom. The van der Waals surface area contributed by atoms with Crippen molar-refractivity contribution in [2.75, 3.05) is 23.8 Å². The number of nitrogen functional groups attached to an aromatic ring is 1. The van der Waals surface area contributed by atoms with Gasteiger partial charge in [-0.1, -0.05) is 13.8 Å². The molecule has 0 fully saturated rings. The lowest BCUT2D eigenvalue weighted by molar-refractivity contribution is -0.137. The normalized spacial score (nSPS) is 13.3. The van der Waals surface area contributed by atoms with E-state index < -0.39 is 23.5 Å². The van der Waals surface area contributed by atoms with Gasteiger partial charge in [-0.3, -0.25) is 9.20 Å². The van der Waals surface area contributed by atoms with E-state index in [4.69, 9.17) is 10.5 Å². The van der Waals surface area contributed by atoms with Crippen molar-refractivity contribution in [3.8, 4) is 5.75 Å². The van der Waals surface area contributed by atoms with Gasteiger partial charge in [-0.15, -0.1) is 0 Å². The maximum Gasteiger partial charge on any atom is 0.416 e. The number of carbonyl (C=O) groups is 1. The number of carbonyl (C=O) groups excluding carboxylic acids is 1. The van der Waals surface area contributed by atoms with E-state index in [0.29, 0.717) is 11.0 Å². The molecule has 0 saturated carbocycles. The monoisotopic (exact) mass is 461 g/mol. The molecule has 2 N–H and O–H groups in total. The zero-order chi connectivity index (χ0) is 23.9. The first-order valence-corrected chi connectivity index (χ1v) is 10.1. The molecule has 1 aliphatic rings. The smallest absolute Gasteiger partial charge is 0.416 e. The number of amides is 1. The van der Waals surface area contributed by atoms with Gasteiger partial charge in [0.2, 0.25) is 0 Å². The molecule has 0 aliphatic carbocycles. The fraction of sp³-hybridized carbons (Fsp3) is 0.227. The van der Waals surface area contributed by atoms with Gasteiger partial charge in [-0.05, 0) is 24.3 Å². The molecule has 1 aliphatic heterocycles. The van der Waals surface area contributed by atoms with E-state index in [1.165, 1.54) is 23.5 Å². The summed E-state index contributed by atoms with van der Waals surface area (Å²) in [5, 5.41) is 0. The average molecular weight is 461 g/mol. The summed E-state index contributed by atoms with van der Waals surface area (Å²) in [6.07, 6.45) is -1.60. The van der Waals surface area contributed by atoms with Crippen LogP contribution in [-0.2, 0) is 6.18 Å². The molecule has 0 saturated heterocycles. The van der Waals surface area contributed by atoms with Crippen molar-refractivity contribution in [1.82, 2.24) is 14.4 Å². The van der Waals surface area contributed by atoms with Crippen LogP contribution < -0.4 is 15.4 Å². The Hall–Kier alpha value is -3.89. The zero-order valence-corrected chi connectivity index (χ0v) is 17.7. The molecule has 3 heterocycles. The topological polar surface area (TPSA) is 85.8 Å². The standard InChI is InChI=1S/C20H13F4N5O2.C2H6/c21-12-7-13-15(29-9-26-8-16(29)18(25)27-13)6-11(12)19(30)28-3-4-31-17-5-10(20(22,23)24)1-2-14(17)28;1-2/h1-2,5-9H,3-4H2,(H2,25,27);1-2H3. The van der Waals surface area contributed by atoms with Crippen LogP contribution in [0.1, 0.15) is 29.8 Å². The van der Waals surface area contributed by atoms with Gasteiger partial charge in [0.15, 0.2) is 0 Å². The maximum absolute atomic E-state index is 14.8. The highest BCUT2D eigenvalue weighted by atomic mass is 19.4. The first-order chi connectivity index (χ1) is 15.7. The summed E-state index contributed by atoms with van der Waals surface area (Å²) in [6, 6.07) is 5.24. The van der Waals surface area contributed by atoms with Crippen LogP contribution >= 0.6 is 0 Å². The summed E-state index contributed by atoms with van der Waals surface area (Å²) in [4.78, 5) is 22.5. The lowest BCUT2D eigenvalue weighted by atomic mass is 10.1. The van der Waals surface area contributed by atoms with Gasteiger partial charge in [0.05, 0.1) is 46.9 Å². The lowest BCUT2D eigenvalue weighted by Gasteiger charge is -2.30. The van der Waals surface area contributed by atoms with Gasteiger partial charge in [0, 0.05) is 6.07 Å². The summed E-state index contributed by atoms with van der Waals surface area (Å²) in [5.74, 6) is -1.48. The van der Waals surface area contributed by atoms with Crippen molar-refractivity contribution in [3.05, 3.63) is 59.8 Å². The highest BCUT2D eigenvalue weighted by Crippen LogP contribution is 2.39. The first-order valence-electron chi connectivity index (χ1n) is 10.1. The number of nitrogens with zero attached hydrogens (tertiary/aromatic N) is 4. The van der Waals surface area contributed by atoms with Crippen LogP contribution in [0.4, 0.5) is 29.1 Å². The molecular weight excluding hydrogens is 442 g/mol. The molecule has 7 nitrogen and oxygen atoms in total. The van der Waals surface area contributed by atoms with Crippen molar-refractivity contribution < 1.29 is 27.1 Å². The van der Waals surface area contributed by atoms with Crippen molar-refractivity contribution in [2.24, 2.45) is 0 Å². The zero-order valence-electron chi connectivity index (χ0n) is 17.7. The van der Waals surface area contributed by atoms with E-state index in [9.17, 15) is 22.4 Å². The van der Waals surface area contributed by atoms with Gasteiger partial charge in [0.25, 0.3) is 5.91 Å². The van der Waals surface area contributed by atoms with Crippen molar-refractivity contribution in [3.63, 3.8) is 0 Å². The third kappa shape index (κ3) is 3.79. The second-order valence-corrected chi connectivity index (χ2v) is 6.95. The maximum atomic E-state index is 14.8. The third-order valence-corrected chi connectivity index (χ3v) is 5.09. The molecule has 11 heteroatoms. The summed E-state index contributed by atoms with van der Waals surface area (Å²) in [5.41, 5.74) is 5.97. The molecular formula is C22H19F4N5O2. The molecule has 2 aromatic carbocycles. The third-order valence-electron chi connectivity index (χ3n) is 5.09. The summed E-state index contributed by atoms with van der Waals surface area (Å²) >= 11 is 0. The van der Waals surface area contributed by atoms with Gasteiger partial charge >= 0.3 is 6.18 Å². The minimum Gasteiger partial charge on any atom is -0.490 e. The molecule has 172 valence electrons. The average Bonchev–Trinajstić information content (AvgIpc) is 3.29. The van der Waals surface area contributed by atoms with Crippen LogP contribution in [-0.4, -0.2) is 33.4 Å². The molecule has 0 atom stereocenters. The van der Waals surface area contributed by atoms with Crippen LogP contribution in [0.3, 0.4) is 0 Å². The first kappa shape index (κ1) is 22.3. The fourth-order valence-corrected chi connectivity index (χ4v) is 3.61. The number of nitrogens with two attached hydrogens (primary N) is 1. The minimum atomic E-state index is -4.56. The quantitative estimate of drug-likeness (QED) is 0.416. The van der Waals surface area contributed by atoms with Crippen molar-refractivity contribution in [1.29, 1.82) is 0 Å². The fourth-order valence-electron chi connectivity index (χ4n) is 3.61. The number of anilines is 2. The van der Waals surface area contributed by atoms with Crippen molar-refractivity contribution >= 4 is 34.0 Å². The molecule has 0 unspecified atom stereocenters. The molecule has 0 bridgehead atoms. The van der Waals surface area contributed by atoms with E-state index >= 15 is 0 Å². The molecule has 33 heavy (non-hydrogen) atoms. The Bertz CT molecular complexity index is 1370. The lowest BCUT2D eigenvalue weighted by Crippen LogP contribution is -2.38. The van der Waals surface area contributed by atoms with Gasteiger partial charge in [0.1, 0.15) is 29.5 Å². The van der Waals surface area contributed by atoms with E-state index in [1.807, 2.05) is 13.8 Å². The summed E-state index contributed by atoms with van der Waals surface area (Å²) in [7, 11) is 0. The predicted octanol–water partition coefficient (Wildman–Crippen LogP) is 4.69. The highest BCUT2D eigenvalue weighted by Gasteiger charge is 2.34. The number of aromatic nitrogens is 3. The van der Waals surface area contributed by atoms with E-state index in [1.54, 1.807) is 4.40 Å². The number of hydrogen-bond donors (Lipinski definition) is 1.